The Balaban J connectivity index is 2.07. The van der Waals surface area contributed by atoms with Crippen LogP contribution in [-0.4, -0.2) is 10.9 Å². The van der Waals surface area contributed by atoms with Gasteiger partial charge in [-0.25, -0.2) is 4.98 Å². The van der Waals surface area contributed by atoms with Crippen LogP contribution in [0.2, 0.25) is 0 Å². The minimum absolute atomic E-state index is 0.107. The molecule has 0 bridgehead atoms. The smallest absolute Gasteiger partial charge is 0.232 e. The fourth-order valence-corrected chi connectivity index (χ4v) is 2.32. The normalized spacial score (nSPS) is 10.5. The molecule has 0 atom stereocenters. The zero-order valence-corrected chi connectivity index (χ0v) is 12.7. The highest BCUT2D eigenvalue weighted by molar-refractivity contribution is 9.10. The summed E-state index contributed by atoms with van der Waals surface area (Å²) in [5, 5.41) is 2.87. The zero-order chi connectivity index (χ0) is 14.0. The Morgan fingerprint density at radius 3 is 2.68 bits per heavy atom. The average molecular weight is 323 g/mol. The third-order valence-electron chi connectivity index (χ3n) is 2.78. The van der Waals surface area contributed by atoms with Gasteiger partial charge in [-0.15, -0.1) is 0 Å². The number of anilines is 1. The second-order valence-electron chi connectivity index (χ2n) is 4.43. The summed E-state index contributed by atoms with van der Waals surface area (Å²) in [6, 6.07) is 5.72. The SMILES string of the molecule is Cc1nc(C)c(CC(=O)Nc2ccc(Br)cc2C)o1. The molecule has 0 saturated carbocycles. The molecule has 1 heterocycles. The molecule has 19 heavy (non-hydrogen) atoms. The van der Waals surface area contributed by atoms with Gasteiger partial charge in [-0.1, -0.05) is 15.9 Å². The number of benzene rings is 1. The van der Waals surface area contributed by atoms with E-state index in [0.717, 1.165) is 21.4 Å². The topological polar surface area (TPSA) is 55.1 Å². The third-order valence-corrected chi connectivity index (χ3v) is 3.28. The maximum atomic E-state index is 12.0. The average Bonchev–Trinajstić information content (AvgIpc) is 2.61. The maximum absolute atomic E-state index is 12.0. The summed E-state index contributed by atoms with van der Waals surface area (Å²) >= 11 is 3.39. The molecule has 0 radical (unpaired) electrons. The lowest BCUT2D eigenvalue weighted by Gasteiger charge is -2.08. The largest absolute Gasteiger partial charge is 0.445 e. The molecule has 1 aromatic heterocycles. The Kier molecular flexibility index (Phi) is 4.04. The Labute approximate surface area is 120 Å². The van der Waals surface area contributed by atoms with E-state index in [1.54, 1.807) is 6.92 Å². The lowest BCUT2D eigenvalue weighted by atomic mass is 10.2. The summed E-state index contributed by atoms with van der Waals surface area (Å²) in [4.78, 5) is 16.1. The molecule has 4 nitrogen and oxygen atoms in total. The first kappa shape index (κ1) is 13.8. The van der Waals surface area contributed by atoms with Crippen molar-refractivity contribution in [2.75, 3.05) is 5.32 Å². The van der Waals surface area contributed by atoms with Gasteiger partial charge in [-0.3, -0.25) is 4.79 Å². The van der Waals surface area contributed by atoms with Crippen LogP contribution in [0, 0.1) is 20.8 Å². The van der Waals surface area contributed by atoms with Crippen LogP contribution < -0.4 is 5.32 Å². The van der Waals surface area contributed by atoms with Crippen LogP contribution in [0.25, 0.3) is 0 Å². The predicted molar refractivity (Wildman–Crippen MR) is 77.2 cm³/mol. The minimum atomic E-state index is -0.107. The van der Waals surface area contributed by atoms with Crippen LogP contribution in [0.15, 0.2) is 27.1 Å². The number of carbonyl (C=O) groups excluding carboxylic acids is 1. The number of amides is 1. The van der Waals surface area contributed by atoms with Gasteiger partial charge in [0.15, 0.2) is 5.89 Å². The second-order valence-corrected chi connectivity index (χ2v) is 5.34. The summed E-state index contributed by atoms with van der Waals surface area (Å²) in [5.74, 6) is 1.09. The van der Waals surface area contributed by atoms with E-state index in [4.69, 9.17) is 4.42 Å². The summed E-state index contributed by atoms with van der Waals surface area (Å²) in [6.45, 7) is 5.56. The number of aryl methyl sites for hydroxylation is 3. The molecule has 0 fully saturated rings. The van der Waals surface area contributed by atoms with Gasteiger partial charge < -0.3 is 9.73 Å². The number of oxazole rings is 1. The monoisotopic (exact) mass is 322 g/mol. The van der Waals surface area contributed by atoms with Gasteiger partial charge in [0.2, 0.25) is 5.91 Å². The number of rotatable bonds is 3. The quantitative estimate of drug-likeness (QED) is 0.940. The molecule has 1 amide bonds. The van der Waals surface area contributed by atoms with Gasteiger partial charge in [0.25, 0.3) is 0 Å². The van der Waals surface area contributed by atoms with Gasteiger partial charge in [0.1, 0.15) is 5.76 Å². The fourth-order valence-electron chi connectivity index (χ4n) is 1.85. The molecule has 2 rings (SSSR count). The molecule has 0 aliphatic heterocycles. The Morgan fingerprint density at radius 1 is 1.37 bits per heavy atom. The number of aromatic nitrogens is 1. The highest BCUT2D eigenvalue weighted by Gasteiger charge is 2.12. The fraction of sp³-hybridized carbons (Fsp3) is 0.286. The Morgan fingerprint density at radius 2 is 2.11 bits per heavy atom. The number of halogens is 1. The van der Waals surface area contributed by atoms with Crippen molar-refractivity contribution < 1.29 is 9.21 Å². The number of hydrogen-bond acceptors (Lipinski definition) is 3. The first-order chi connectivity index (χ1) is 8.95. The van der Waals surface area contributed by atoms with Crippen molar-refractivity contribution in [3.05, 3.63) is 45.6 Å². The van der Waals surface area contributed by atoms with Crippen molar-refractivity contribution in [2.24, 2.45) is 0 Å². The first-order valence-corrected chi connectivity index (χ1v) is 6.74. The molecule has 5 heteroatoms. The van der Waals surface area contributed by atoms with E-state index >= 15 is 0 Å². The lowest BCUT2D eigenvalue weighted by molar-refractivity contribution is -0.115. The Bertz CT molecular complexity index is 620. The van der Waals surface area contributed by atoms with E-state index in [9.17, 15) is 4.79 Å². The molecule has 0 aliphatic carbocycles. The predicted octanol–water partition coefficient (Wildman–Crippen LogP) is 3.54. The van der Waals surface area contributed by atoms with Crippen LogP contribution in [-0.2, 0) is 11.2 Å². The van der Waals surface area contributed by atoms with Crippen LogP contribution in [0.5, 0.6) is 0 Å². The van der Waals surface area contributed by atoms with Crippen LogP contribution in [0.4, 0.5) is 5.69 Å². The van der Waals surface area contributed by atoms with E-state index in [-0.39, 0.29) is 12.3 Å². The maximum Gasteiger partial charge on any atom is 0.232 e. The van der Waals surface area contributed by atoms with Gasteiger partial charge in [0.05, 0.1) is 12.1 Å². The molecule has 0 spiro atoms. The minimum Gasteiger partial charge on any atom is -0.445 e. The number of carbonyl (C=O) groups is 1. The molecule has 0 aliphatic rings. The first-order valence-electron chi connectivity index (χ1n) is 5.94. The molecule has 100 valence electrons. The summed E-state index contributed by atoms with van der Waals surface area (Å²) in [7, 11) is 0. The Hall–Kier alpha value is -1.62. The van der Waals surface area contributed by atoms with E-state index in [1.165, 1.54) is 0 Å². The highest BCUT2D eigenvalue weighted by atomic mass is 79.9. The summed E-state index contributed by atoms with van der Waals surface area (Å²) in [6.07, 6.45) is 0.197. The molecule has 1 N–H and O–H groups in total. The number of nitrogens with zero attached hydrogens (tertiary/aromatic N) is 1. The van der Waals surface area contributed by atoms with Crippen molar-refractivity contribution in [1.82, 2.24) is 4.98 Å². The summed E-state index contributed by atoms with van der Waals surface area (Å²) in [5.41, 5.74) is 2.58. The molecule has 2 aromatic rings. The molecular weight excluding hydrogens is 308 g/mol. The van der Waals surface area contributed by atoms with Crippen molar-refractivity contribution in [3.63, 3.8) is 0 Å². The van der Waals surface area contributed by atoms with E-state index in [0.29, 0.717) is 11.7 Å². The number of nitrogens with one attached hydrogen (secondary N) is 1. The van der Waals surface area contributed by atoms with Crippen LogP contribution in [0.3, 0.4) is 0 Å². The van der Waals surface area contributed by atoms with E-state index in [1.807, 2.05) is 32.0 Å². The van der Waals surface area contributed by atoms with Gasteiger partial charge in [-0.05, 0) is 37.6 Å². The van der Waals surface area contributed by atoms with Gasteiger partial charge in [0, 0.05) is 17.1 Å². The van der Waals surface area contributed by atoms with E-state index < -0.39 is 0 Å². The molecule has 0 unspecified atom stereocenters. The van der Waals surface area contributed by atoms with Gasteiger partial charge >= 0.3 is 0 Å². The standard InChI is InChI=1S/C14H15BrN2O2/c1-8-6-11(15)4-5-12(8)17-14(18)7-13-9(2)16-10(3)19-13/h4-6H,7H2,1-3H3,(H,17,18). The van der Waals surface area contributed by atoms with Crippen LogP contribution in [0.1, 0.15) is 22.9 Å². The number of hydrogen-bond donors (Lipinski definition) is 1. The van der Waals surface area contributed by atoms with Crippen LogP contribution >= 0.6 is 15.9 Å². The molecular formula is C14H15BrN2O2. The molecule has 1 aromatic carbocycles. The third kappa shape index (κ3) is 3.44. The lowest BCUT2D eigenvalue weighted by Crippen LogP contribution is -2.15. The van der Waals surface area contributed by atoms with Crippen molar-refractivity contribution in [2.45, 2.75) is 27.2 Å². The van der Waals surface area contributed by atoms with Crippen molar-refractivity contribution in [1.29, 1.82) is 0 Å². The highest BCUT2D eigenvalue weighted by Crippen LogP contribution is 2.20. The van der Waals surface area contributed by atoms with Crippen molar-refractivity contribution >= 4 is 27.5 Å². The summed E-state index contributed by atoms with van der Waals surface area (Å²) < 4.78 is 6.38. The zero-order valence-electron chi connectivity index (χ0n) is 11.1. The molecule has 0 saturated heterocycles. The van der Waals surface area contributed by atoms with Crippen molar-refractivity contribution in [3.8, 4) is 0 Å². The second kappa shape index (κ2) is 5.57. The van der Waals surface area contributed by atoms with E-state index in [2.05, 4.69) is 26.2 Å². The van der Waals surface area contributed by atoms with Gasteiger partial charge in [-0.2, -0.15) is 0 Å².